The fourth-order valence-corrected chi connectivity index (χ4v) is 1.42. The van der Waals surface area contributed by atoms with Gasteiger partial charge in [0, 0.05) is 13.1 Å². The van der Waals surface area contributed by atoms with Gasteiger partial charge in [0.1, 0.15) is 5.60 Å². The maximum atomic E-state index is 11.7. The number of aryl methyl sites for hydroxylation is 1. The van der Waals surface area contributed by atoms with Crippen LogP contribution in [0.3, 0.4) is 0 Å². The van der Waals surface area contributed by atoms with Crippen molar-refractivity contribution in [2.24, 2.45) is 0 Å². The van der Waals surface area contributed by atoms with Crippen molar-refractivity contribution in [2.75, 3.05) is 10.6 Å². The van der Waals surface area contributed by atoms with E-state index in [0.717, 1.165) is 0 Å². The van der Waals surface area contributed by atoms with Crippen LogP contribution in [0, 0.1) is 6.92 Å². The molecule has 2 amide bonds. The van der Waals surface area contributed by atoms with Gasteiger partial charge in [-0.25, -0.2) is 4.79 Å². The van der Waals surface area contributed by atoms with Crippen molar-refractivity contribution in [3.05, 3.63) is 18.0 Å². The largest absolute Gasteiger partial charge is 0.444 e. The minimum Gasteiger partial charge on any atom is -0.444 e. The molecule has 1 aromatic rings. The number of carbonyl (C=O) groups excluding carboxylic acids is 2. The molecule has 0 radical (unpaired) electrons. The Morgan fingerprint density at radius 3 is 2.42 bits per heavy atom. The first-order chi connectivity index (χ1) is 8.69. The minimum atomic E-state index is -0.583. The zero-order chi connectivity index (χ0) is 14.6. The Bertz CT molecular complexity index is 492. The Balaban J connectivity index is 2.92. The Morgan fingerprint density at radius 2 is 1.89 bits per heavy atom. The number of nitrogens with one attached hydrogen (secondary N) is 2. The lowest BCUT2D eigenvalue weighted by Crippen LogP contribution is -2.27. The number of aromatic nitrogens is 1. The van der Waals surface area contributed by atoms with Crippen LogP contribution in [-0.4, -0.2) is 22.6 Å². The molecular weight excluding hydrogens is 246 g/mol. The summed E-state index contributed by atoms with van der Waals surface area (Å²) in [5.74, 6) is -0.233. The minimum absolute atomic E-state index is 0.233. The molecule has 0 saturated carbocycles. The van der Waals surface area contributed by atoms with E-state index in [-0.39, 0.29) is 5.91 Å². The first-order valence-electron chi connectivity index (χ1n) is 5.92. The number of amides is 2. The maximum Gasteiger partial charge on any atom is 0.412 e. The summed E-state index contributed by atoms with van der Waals surface area (Å²) in [6.07, 6.45) is 0.970. The lowest BCUT2D eigenvalue weighted by Gasteiger charge is -2.20. The lowest BCUT2D eigenvalue weighted by molar-refractivity contribution is -0.114. The molecule has 104 valence electrons. The van der Waals surface area contributed by atoms with Crippen LogP contribution in [0.5, 0.6) is 0 Å². The van der Waals surface area contributed by atoms with Crippen LogP contribution in [0.4, 0.5) is 16.2 Å². The number of nitrogens with zero attached hydrogens (tertiary/aromatic N) is 1. The number of anilines is 2. The molecule has 6 nitrogen and oxygen atoms in total. The van der Waals surface area contributed by atoms with Crippen LogP contribution in [0.1, 0.15) is 33.4 Å². The summed E-state index contributed by atoms with van der Waals surface area (Å²) in [5.41, 5.74) is 0.960. The van der Waals surface area contributed by atoms with E-state index in [2.05, 4.69) is 15.6 Å². The van der Waals surface area contributed by atoms with Crippen LogP contribution in [-0.2, 0) is 9.53 Å². The number of ether oxygens (including phenoxy) is 1. The molecule has 6 heteroatoms. The zero-order valence-electron chi connectivity index (χ0n) is 11.8. The molecule has 19 heavy (non-hydrogen) atoms. The third-order valence-corrected chi connectivity index (χ3v) is 2.08. The SMILES string of the molecule is CC(=O)Nc1c(NC(=O)OC(C)(C)C)ccnc1C. The Morgan fingerprint density at radius 1 is 1.26 bits per heavy atom. The third kappa shape index (κ3) is 4.95. The number of hydrogen-bond donors (Lipinski definition) is 2. The van der Waals surface area contributed by atoms with E-state index in [4.69, 9.17) is 4.74 Å². The molecule has 0 aromatic carbocycles. The fraction of sp³-hybridized carbons (Fsp3) is 0.462. The van der Waals surface area contributed by atoms with Gasteiger partial charge in [-0.3, -0.25) is 15.1 Å². The van der Waals surface area contributed by atoms with E-state index in [1.165, 1.54) is 6.92 Å². The van der Waals surface area contributed by atoms with Gasteiger partial charge in [0.15, 0.2) is 0 Å². The topological polar surface area (TPSA) is 80.3 Å². The highest BCUT2D eigenvalue weighted by atomic mass is 16.6. The first kappa shape index (κ1) is 14.9. The van der Waals surface area contributed by atoms with Gasteiger partial charge in [-0.15, -0.1) is 0 Å². The highest BCUT2D eigenvalue weighted by Gasteiger charge is 2.18. The highest BCUT2D eigenvalue weighted by molar-refractivity contribution is 5.97. The number of hydrogen-bond acceptors (Lipinski definition) is 4. The second-order valence-corrected chi connectivity index (χ2v) is 5.13. The standard InChI is InChI=1S/C13H19N3O3/c1-8-11(15-9(2)17)10(6-7-14-8)16-12(18)19-13(3,4)5/h6-7H,1-5H3,(H,15,17)(H,14,16,18). The van der Waals surface area contributed by atoms with E-state index in [1.54, 1.807) is 40.0 Å². The van der Waals surface area contributed by atoms with Gasteiger partial charge < -0.3 is 10.1 Å². The number of rotatable bonds is 2. The molecule has 1 heterocycles. The lowest BCUT2D eigenvalue weighted by atomic mass is 10.2. The molecule has 0 bridgehead atoms. The summed E-state index contributed by atoms with van der Waals surface area (Å²) in [5, 5.41) is 5.24. The smallest absolute Gasteiger partial charge is 0.412 e. The summed E-state index contributed by atoms with van der Waals surface area (Å²) >= 11 is 0. The average Bonchev–Trinajstić information content (AvgIpc) is 2.19. The number of pyridine rings is 1. The maximum absolute atomic E-state index is 11.7. The van der Waals surface area contributed by atoms with Crippen molar-refractivity contribution < 1.29 is 14.3 Å². The fourth-order valence-electron chi connectivity index (χ4n) is 1.42. The second-order valence-electron chi connectivity index (χ2n) is 5.13. The number of carbonyl (C=O) groups is 2. The summed E-state index contributed by atoms with van der Waals surface area (Å²) in [4.78, 5) is 26.9. The van der Waals surface area contributed by atoms with Crippen molar-refractivity contribution in [1.29, 1.82) is 0 Å². The zero-order valence-corrected chi connectivity index (χ0v) is 11.8. The van der Waals surface area contributed by atoms with Crippen molar-refractivity contribution in [2.45, 2.75) is 40.2 Å². The van der Waals surface area contributed by atoms with Crippen LogP contribution in [0.15, 0.2) is 12.3 Å². The Kier molecular flexibility index (Phi) is 4.47. The molecule has 0 spiro atoms. The summed E-state index contributed by atoms with van der Waals surface area (Å²) in [6.45, 7) is 8.46. The van der Waals surface area contributed by atoms with Crippen molar-refractivity contribution in [3.63, 3.8) is 0 Å². The van der Waals surface area contributed by atoms with E-state index >= 15 is 0 Å². The second kappa shape index (κ2) is 5.69. The van der Waals surface area contributed by atoms with Crippen molar-refractivity contribution in [3.8, 4) is 0 Å². The van der Waals surface area contributed by atoms with Gasteiger partial charge in [-0.2, -0.15) is 0 Å². The van der Waals surface area contributed by atoms with Crippen LogP contribution < -0.4 is 10.6 Å². The van der Waals surface area contributed by atoms with Gasteiger partial charge in [0.2, 0.25) is 5.91 Å². The normalized spacial score (nSPS) is 10.8. The van der Waals surface area contributed by atoms with Crippen LogP contribution >= 0.6 is 0 Å². The predicted octanol–water partition coefficient (Wildman–Crippen LogP) is 2.70. The Labute approximate surface area is 112 Å². The highest BCUT2D eigenvalue weighted by Crippen LogP contribution is 2.24. The Hall–Kier alpha value is -2.11. The molecule has 0 aliphatic heterocycles. The van der Waals surface area contributed by atoms with Crippen LogP contribution in [0.25, 0.3) is 0 Å². The van der Waals surface area contributed by atoms with Crippen molar-refractivity contribution >= 4 is 23.4 Å². The van der Waals surface area contributed by atoms with Gasteiger partial charge in [-0.1, -0.05) is 0 Å². The van der Waals surface area contributed by atoms with E-state index < -0.39 is 11.7 Å². The molecule has 0 aliphatic rings. The van der Waals surface area contributed by atoms with E-state index in [9.17, 15) is 9.59 Å². The molecule has 0 saturated heterocycles. The summed E-state index contributed by atoms with van der Waals surface area (Å²) in [6, 6.07) is 1.60. The van der Waals surface area contributed by atoms with Gasteiger partial charge in [0.05, 0.1) is 17.1 Å². The van der Waals surface area contributed by atoms with Gasteiger partial charge in [0.25, 0.3) is 0 Å². The predicted molar refractivity (Wildman–Crippen MR) is 73.1 cm³/mol. The van der Waals surface area contributed by atoms with E-state index in [0.29, 0.717) is 17.1 Å². The van der Waals surface area contributed by atoms with Gasteiger partial charge >= 0.3 is 6.09 Å². The molecule has 1 rings (SSSR count). The van der Waals surface area contributed by atoms with Crippen LogP contribution in [0.2, 0.25) is 0 Å². The summed E-state index contributed by atoms with van der Waals surface area (Å²) in [7, 11) is 0. The molecule has 0 atom stereocenters. The monoisotopic (exact) mass is 265 g/mol. The molecule has 0 unspecified atom stereocenters. The quantitative estimate of drug-likeness (QED) is 0.861. The first-order valence-corrected chi connectivity index (χ1v) is 5.92. The van der Waals surface area contributed by atoms with E-state index in [1.807, 2.05) is 0 Å². The molecular formula is C13H19N3O3. The van der Waals surface area contributed by atoms with Crippen molar-refractivity contribution in [1.82, 2.24) is 4.98 Å². The van der Waals surface area contributed by atoms with Gasteiger partial charge in [-0.05, 0) is 33.8 Å². The molecule has 1 aromatic heterocycles. The molecule has 2 N–H and O–H groups in total. The molecule has 0 fully saturated rings. The average molecular weight is 265 g/mol. The summed E-state index contributed by atoms with van der Waals surface area (Å²) < 4.78 is 5.16. The third-order valence-electron chi connectivity index (χ3n) is 2.08. The molecule has 0 aliphatic carbocycles.